The molecule has 1 saturated carbocycles. The van der Waals surface area contributed by atoms with Gasteiger partial charge in [0.25, 0.3) is 11.5 Å². The second kappa shape index (κ2) is 9.87. The summed E-state index contributed by atoms with van der Waals surface area (Å²) in [6.07, 6.45) is 1.91. The minimum absolute atomic E-state index is 0.169. The van der Waals surface area contributed by atoms with Gasteiger partial charge in [-0.15, -0.1) is 0 Å². The van der Waals surface area contributed by atoms with Crippen LogP contribution >= 0.6 is 11.6 Å². The number of primary amides is 1. The molecule has 3 amide bonds. The molecule has 1 unspecified atom stereocenters. The average Bonchev–Trinajstić information content (AvgIpc) is 3.31. The average molecular weight is 408 g/mol. The summed E-state index contributed by atoms with van der Waals surface area (Å²) in [7, 11) is 0. The Bertz CT molecular complexity index is 575. The van der Waals surface area contributed by atoms with Gasteiger partial charge >= 0.3 is 5.97 Å². The number of hydrazine groups is 1. The van der Waals surface area contributed by atoms with E-state index in [4.69, 9.17) is 22.1 Å². The molecule has 0 aromatic carbocycles. The normalized spacial score (nSPS) is 16.2. The lowest BCUT2D eigenvalue weighted by Crippen LogP contribution is -2.51. The first-order valence-electron chi connectivity index (χ1n) is 8.79. The molecule has 0 aromatic rings. The number of nitrogens with one attached hydrogen (secondary N) is 1. The van der Waals surface area contributed by atoms with Gasteiger partial charge in [-0.2, -0.15) is 0 Å². The molecule has 8 nitrogen and oxygen atoms in total. The number of esters is 1. The Labute approximate surface area is 162 Å². The molecule has 154 valence electrons. The Hall–Kier alpha value is -1.90. The first-order chi connectivity index (χ1) is 12.4. The number of hydrogen-bond donors (Lipinski definition) is 2. The molecule has 0 aliphatic heterocycles. The predicted octanol–water partition coefficient (Wildman–Crippen LogP) is 1.40. The molecule has 0 bridgehead atoms. The lowest BCUT2D eigenvalue weighted by atomic mass is 9.97. The van der Waals surface area contributed by atoms with Gasteiger partial charge < -0.3 is 10.5 Å². The van der Waals surface area contributed by atoms with Gasteiger partial charge in [0, 0.05) is 6.42 Å². The van der Waals surface area contributed by atoms with Crippen LogP contribution in [0.15, 0.2) is 0 Å². The third-order valence-corrected chi connectivity index (χ3v) is 3.98. The first-order valence-corrected chi connectivity index (χ1v) is 9.23. The van der Waals surface area contributed by atoms with Crippen LogP contribution in [-0.4, -0.2) is 46.5 Å². The highest BCUT2D eigenvalue weighted by atomic mass is 35.5. The smallest absolute Gasteiger partial charge is 0.307 e. The predicted molar refractivity (Wildman–Crippen MR) is 95.7 cm³/mol. The SMILES string of the molecule is CC(C)(C)OC(=O)C[C@@H](CC1CC1)C(=O)NN(CCC(N)=O)C(=O)C(F)Cl. The van der Waals surface area contributed by atoms with Gasteiger partial charge in [-0.25, -0.2) is 9.40 Å². The molecule has 27 heavy (non-hydrogen) atoms. The summed E-state index contributed by atoms with van der Waals surface area (Å²) < 4.78 is 18.4. The molecule has 0 saturated heterocycles. The molecular formula is C17H27ClFN3O5. The molecule has 1 aliphatic carbocycles. The Kier molecular flexibility index (Phi) is 8.46. The van der Waals surface area contributed by atoms with Crippen LogP contribution < -0.4 is 11.2 Å². The van der Waals surface area contributed by atoms with Crippen LogP contribution in [0.1, 0.15) is 52.9 Å². The van der Waals surface area contributed by atoms with Crippen LogP contribution in [0.4, 0.5) is 4.39 Å². The standard InChI is InChI=1S/C17H27ClFN3O5/c1-17(2,3)27-13(24)9-11(8-10-4-5-10)15(25)21-22(7-6-12(20)23)16(26)14(18)19/h10-11,14H,4-9H2,1-3H3,(H2,20,23)(H,21,25)/t11-,14?/m1/s1. The molecule has 1 aliphatic rings. The summed E-state index contributed by atoms with van der Waals surface area (Å²) >= 11 is 5.15. The van der Waals surface area contributed by atoms with Crippen LogP contribution in [0.3, 0.4) is 0 Å². The second-order valence-corrected chi connectivity index (χ2v) is 8.03. The van der Waals surface area contributed by atoms with Crippen LogP contribution in [0, 0.1) is 11.8 Å². The highest BCUT2D eigenvalue weighted by Gasteiger charge is 2.34. The maximum absolute atomic E-state index is 13.2. The number of nitrogens with zero attached hydrogens (tertiary/aromatic N) is 1. The summed E-state index contributed by atoms with van der Waals surface area (Å²) in [6.45, 7) is 4.82. The van der Waals surface area contributed by atoms with E-state index in [2.05, 4.69) is 5.43 Å². The van der Waals surface area contributed by atoms with Crippen molar-refractivity contribution in [2.24, 2.45) is 17.6 Å². The van der Waals surface area contributed by atoms with Crippen molar-refractivity contribution in [1.82, 2.24) is 10.4 Å². The highest BCUT2D eigenvalue weighted by Crippen LogP contribution is 2.36. The molecular weight excluding hydrogens is 381 g/mol. The summed E-state index contributed by atoms with van der Waals surface area (Å²) in [5.74, 6) is -3.55. The molecule has 0 radical (unpaired) electrons. The fourth-order valence-electron chi connectivity index (χ4n) is 2.41. The van der Waals surface area contributed by atoms with Crippen molar-refractivity contribution in [3.63, 3.8) is 0 Å². The van der Waals surface area contributed by atoms with Crippen molar-refractivity contribution in [1.29, 1.82) is 0 Å². The van der Waals surface area contributed by atoms with Gasteiger partial charge in [0.05, 0.1) is 18.9 Å². The zero-order valence-electron chi connectivity index (χ0n) is 15.8. The summed E-state index contributed by atoms with van der Waals surface area (Å²) in [4.78, 5) is 47.4. The number of alkyl halides is 2. The molecule has 0 heterocycles. The minimum Gasteiger partial charge on any atom is -0.460 e. The van der Waals surface area contributed by atoms with E-state index >= 15 is 0 Å². The van der Waals surface area contributed by atoms with E-state index in [0.29, 0.717) is 17.3 Å². The van der Waals surface area contributed by atoms with E-state index in [9.17, 15) is 23.6 Å². The molecule has 0 spiro atoms. The quantitative estimate of drug-likeness (QED) is 0.340. The lowest BCUT2D eigenvalue weighted by Gasteiger charge is -2.26. The van der Waals surface area contributed by atoms with Crippen molar-refractivity contribution in [3.05, 3.63) is 0 Å². The Morgan fingerprint density at radius 3 is 2.33 bits per heavy atom. The molecule has 3 N–H and O–H groups in total. The van der Waals surface area contributed by atoms with Crippen molar-refractivity contribution in [2.75, 3.05) is 6.54 Å². The number of carbonyl (C=O) groups is 4. The molecule has 1 rings (SSSR count). The fourth-order valence-corrected chi connectivity index (χ4v) is 2.53. The Morgan fingerprint density at radius 1 is 1.30 bits per heavy atom. The van der Waals surface area contributed by atoms with Crippen molar-refractivity contribution < 1.29 is 28.3 Å². The van der Waals surface area contributed by atoms with Crippen molar-refractivity contribution in [2.45, 2.75) is 64.1 Å². The largest absolute Gasteiger partial charge is 0.460 e. The van der Waals surface area contributed by atoms with Crippen molar-refractivity contribution >= 4 is 35.3 Å². The molecule has 2 atom stereocenters. The van der Waals surface area contributed by atoms with E-state index in [1.54, 1.807) is 20.8 Å². The number of rotatable bonds is 9. The number of ether oxygens (including phenoxy) is 1. The number of hydrogen-bond acceptors (Lipinski definition) is 5. The number of amides is 3. The lowest BCUT2D eigenvalue weighted by molar-refractivity contribution is -0.158. The first kappa shape index (κ1) is 23.1. The van der Waals surface area contributed by atoms with Crippen molar-refractivity contribution in [3.8, 4) is 0 Å². The third-order valence-electron chi connectivity index (χ3n) is 3.80. The van der Waals surface area contributed by atoms with Gasteiger partial charge in [-0.1, -0.05) is 24.4 Å². The van der Waals surface area contributed by atoms with Gasteiger partial charge in [-0.05, 0) is 33.1 Å². The second-order valence-electron chi connectivity index (χ2n) is 7.65. The summed E-state index contributed by atoms with van der Waals surface area (Å²) in [5, 5.41) is 0.625. The van der Waals surface area contributed by atoms with Crippen LogP contribution in [0.2, 0.25) is 0 Å². The molecule has 10 heteroatoms. The number of carbonyl (C=O) groups excluding carboxylic acids is 4. The van der Waals surface area contributed by atoms with Crippen LogP contribution in [0.25, 0.3) is 0 Å². The minimum atomic E-state index is -2.38. The van der Waals surface area contributed by atoms with E-state index in [1.807, 2.05) is 0 Å². The maximum atomic E-state index is 13.2. The van der Waals surface area contributed by atoms with E-state index in [0.717, 1.165) is 12.8 Å². The zero-order valence-corrected chi connectivity index (χ0v) is 16.6. The maximum Gasteiger partial charge on any atom is 0.307 e. The van der Waals surface area contributed by atoms with Gasteiger partial charge in [0.15, 0.2) is 0 Å². The Morgan fingerprint density at radius 2 is 1.89 bits per heavy atom. The Balaban J connectivity index is 2.79. The number of halogens is 2. The molecule has 1 fully saturated rings. The summed E-state index contributed by atoms with van der Waals surface area (Å²) in [5.41, 5.74) is 4.21. The highest BCUT2D eigenvalue weighted by molar-refractivity contribution is 6.29. The van der Waals surface area contributed by atoms with Gasteiger partial charge in [0.2, 0.25) is 11.8 Å². The third kappa shape index (κ3) is 9.55. The number of nitrogens with two attached hydrogens (primary N) is 1. The topological polar surface area (TPSA) is 119 Å². The van der Waals surface area contributed by atoms with Crippen LogP contribution in [0.5, 0.6) is 0 Å². The van der Waals surface area contributed by atoms with Gasteiger partial charge in [0.1, 0.15) is 5.60 Å². The van der Waals surface area contributed by atoms with Crippen LogP contribution in [-0.2, 0) is 23.9 Å². The molecule has 0 aromatic heterocycles. The van der Waals surface area contributed by atoms with Gasteiger partial charge in [-0.3, -0.25) is 24.6 Å². The van der Waals surface area contributed by atoms with E-state index in [1.165, 1.54) is 0 Å². The zero-order chi connectivity index (χ0) is 20.8. The van der Waals surface area contributed by atoms with E-state index < -0.39 is 40.8 Å². The van der Waals surface area contributed by atoms with E-state index in [-0.39, 0.29) is 19.4 Å². The fraction of sp³-hybridized carbons (Fsp3) is 0.765. The summed E-state index contributed by atoms with van der Waals surface area (Å²) in [6, 6.07) is 0. The monoisotopic (exact) mass is 407 g/mol.